The number of halogens is 1. The predicted molar refractivity (Wildman–Crippen MR) is 60.0 cm³/mol. The van der Waals surface area contributed by atoms with Crippen LogP contribution in [0.3, 0.4) is 0 Å². The van der Waals surface area contributed by atoms with E-state index in [0.717, 1.165) is 30.5 Å². The zero-order valence-electron chi connectivity index (χ0n) is 9.26. The fraction of sp³-hybridized carbons (Fsp3) is 0.727. The van der Waals surface area contributed by atoms with Gasteiger partial charge in [0.2, 0.25) is 0 Å². The van der Waals surface area contributed by atoms with Gasteiger partial charge in [-0.3, -0.25) is 4.68 Å². The van der Waals surface area contributed by atoms with Gasteiger partial charge in [0.15, 0.2) is 0 Å². The van der Waals surface area contributed by atoms with Crippen LogP contribution in [0.1, 0.15) is 30.5 Å². The molecule has 0 bridgehead atoms. The van der Waals surface area contributed by atoms with Crippen LogP contribution in [0.4, 0.5) is 0 Å². The largest absolute Gasteiger partial charge is 0.396 e. The fourth-order valence-electron chi connectivity index (χ4n) is 2.32. The summed E-state index contributed by atoms with van der Waals surface area (Å²) in [4.78, 5) is 0. The Morgan fingerprint density at radius 2 is 2.20 bits per heavy atom. The van der Waals surface area contributed by atoms with Crippen LogP contribution in [0.5, 0.6) is 0 Å². The Morgan fingerprint density at radius 1 is 1.53 bits per heavy atom. The molecule has 0 unspecified atom stereocenters. The van der Waals surface area contributed by atoms with Crippen molar-refractivity contribution in [2.24, 2.45) is 12.5 Å². The van der Waals surface area contributed by atoms with Crippen molar-refractivity contribution in [1.82, 2.24) is 9.78 Å². The summed E-state index contributed by atoms with van der Waals surface area (Å²) in [6.45, 7) is 2.24. The molecule has 0 aliphatic heterocycles. The molecule has 0 radical (unpaired) electrons. The first-order valence-electron chi connectivity index (χ1n) is 5.37. The Bertz CT molecular complexity index is 363. The van der Waals surface area contributed by atoms with Gasteiger partial charge in [0, 0.05) is 19.2 Å². The van der Waals surface area contributed by atoms with Crippen LogP contribution in [0, 0.1) is 12.3 Å². The predicted octanol–water partition coefficient (Wildman–Crippen LogP) is 2.09. The first-order valence-corrected chi connectivity index (χ1v) is 5.75. The molecule has 1 N–H and O–H groups in total. The summed E-state index contributed by atoms with van der Waals surface area (Å²) in [6, 6.07) is 0. The minimum absolute atomic E-state index is 0.0808. The quantitative estimate of drug-likeness (QED) is 0.861. The van der Waals surface area contributed by atoms with Crippen molar-refractivity contribution in [2.75, 3.05) is 6.61 Å². The van der Waals surface area contributed by atoms with Gasteiger partial charge in [0.1, 0.15) is 5.15 Å². The molecule has 84 valence electrons. The summed E-state index contributed by atoms with van der Waals surface area (Å²) in [5, 5.41) is 14.4. The first kappa shape index (κ1) is 11.0. The average molecular weight is 229 g/mol. The maximum Gasteiger partial charge on any atom is 0.130 e. The van der Waals surface area contributed by atoms with E-state index in [1.165, 1.54) is 6.42 Å². The molecule has 0 amide bonds. The molecule has 4 heteroatoms. The third kappa shape index (κ3) is 1.79. The number of nitrogens with zero attached hydrogens (tertiary/aromatic N) is 2. The molecule has 0 saturated heterocycles. The summed E-state index contributed by atoms with van der Waals surface area (Å²) in [7, 11) is 1.85. The Labute approximate surface area is 95.0 Å². The molecule has 1 aliphatic carbocycles. The van der Waals surface area contributed by atoms with Crippen LogP contribution >= 0.6 is 11.6 Å². The van der Waals surface area contributed by atoms with E-state index in [4.69, 9.17) is 11.6 Å². The van der Waals surface area contributed by atoms with Gasteiger partial charge in [-0.1, -0.05) is 18.0 Å². The molecule has 1 heterocycles. The van der Waals surface area contributed by atoms with E-state index in [1.807, 2.05) is 14.0 Å². The lowest BCUT2D eigenvalue weighted by Crippen LogP contribution is -2.35. The van der Waals surface area contributed by atoms with Crippen molar-refractivity contribution >= 4 is 11.6 Å². The van der Waals surface area contributed by atoms with E-state index in [2.05, 4.69) is 5.10 Å². The molecule has 0 spiro atoms. The van der Waals surface area contributed by atoms with Crippen molar-refractivity contribution in [3.63, 3.8) is 0 Å². The zero-order chi connectivity index (χ0) is 11.1. The summed E-state index contributed by atoms with van der Waals surface area (Å²) in [5.41, 5.74) is 2.17. The second kappa shape index (κ2) is 3.80. The second-order valence-corrected chi connectivity index (χ2v) is 5.02. The van der Waals surface area contributed by atoms with Crippen LogP contribution < -0.4 is 0 Å². The van der Waals surface area contributed by atoms with Gasteiger partial charge in [0.25, 0.3) is 0 Å². The molecule has 1 fully saturated rings. The molecular formula is C11H17ClN2O. The topological polar surface area (TPSA) is 38.0 Å². The summed E-state index contributed by atoms with van der Waals surface area (Å²) < 4.78 is 1.70. The Morgan fingerprint density at radius 3 is 2.53 bits per heavy atom. The van der Waals surface area contributed by atoms with E-state index in [9.17, 15) is 5.11 Å². The normalized spacial score (nSPS) is 18.9. The third-order valence-electron chi connectivity index (χ3n) is 3.57. The SMILES string of the molecule is Cc1nn(C)c(Cl)c1CC1(CO)CCC1. The molecular weight excluding hydrogens is 212 g/mol. The van der Waals surface area contributed by atoms with Gasteiger partial charge in [0.05, 0.1) is 5.69 Å². The summed E-state index contributed by atoms with van der Waals surface area (Å²) in [6.07, 6.45) is 4.29. The van der Waals surface area contributed by atoms with Crippen LogP contribution in [0.25, 0.3) is 0 Å². The number of rotatable bonds is 3. The smallest absolute Gasteiger partial charge is 0.130 e. The van der Waals surface area contributed by atoms with Gasteiger partial charge in [-0.05, 0) is 31.6 Å². The fourth-order valence-corrected chi connectivity index (χ4v) is 2.56. The Kier molecular flexibility index (Phi) is 2.77. The van der Waals surface area contributed by atoms with Crippen molar-refractivity contribution in [2.45, 2.75) is 32.6 Å². The number of aliphatic hydroxyl groups is 1. The van der Waals surface area contributed by atoms with Crippen molar-refractivity contribution < 1.29 is 5.11 Å². The number of hydrogen-bond donors (Lipinski definition) is 1. The molecule has 2 rings (SSSR count). The van der Waals surface area contributed by atoms with Crippen molar-refractivity contribution in [1.29, 1.82) is 0 Å². The van der Waals surface area contributed by atoms with E-state index < -0.39 is 0 Å². The van der Waals surface area contributed by atoms with Gasteiger partial charge in [-0.25, -0.2) is 0 Å². The van der Waals surface area contributed by atoms with Gasteiger partial charge in [-0.2, -0.15) is 5.10 Å². The molecule has 1 aliphatic rings. The van der Waals surface area contributed by atoms with Crippen molar-refractivity contribution in [3.05, 3.63) is 16.4 Å². The lowest BCUT2D eigenvalue weighted by Gasteiger charge is -2.40. The molecule has 3 nitrogen and oxygen atoms in total. The van der Waals surface area contributed by atoms with E-state index in [1.54, 1.807) is 4.68 Å². The monoisotopic (exact) mass is 228 g/mol. The first-order chi connectivity index (χ1) is 7.08. The molecule has 1 aromatic heterocycles. The number of aryl methyl sites for hydroxylation is 2. The number of aliphatic hydroxyl groups excluding tert-OH is 1. The lowest BCUT2D eigenvalue weighted by molar-refractivity contribution is 0.0449. The van der Waals surface area contributed by atoms with Gasteiger partial charge >= 0.3 is 0 Å². The van der Waals surface area contributed by atoms with E-state index >= 15 is 0 Å². The Hall–Kier alpha value is -0.540. The van der Waals surface area contributed by atoms with Crippen LogP contribution in [-0.2, 0) is 13.5 Å². The highest BCUT2D eigenvalue weighted by Gasteiger charge is 2.37. The van der Waals surface area contributed by atoms with Crippen LogP contribution in [-0.4, -0.2) is 21.5 Å². The molecule has 0 atom stereocenters. The number of hydrogen-bond acceptors (Lipinski definition) is 2. The molecule has 1 aromatic rings. The van der Waals surface area contributed by atoms with Crippen LogP contribution in [0.15, 0.2) is 0 Å². The van der Waals surface area contributed by atoms with Crippen molar-refractivity contribution in [3.8, 4) is 0 Å². The summed E-state index contributed by atoms with van der Waals surface area (Å²) >= 11 is 6.18. The average Bonchev–Trinajstić information content (AvgIpc) is 2.37. The molecule has 15 heavy (non-hydrogen) atoms. The third-order valence-corrected chi connectivity index (χ3v) is 4.04. The standard InChI is InChI=1S/C11H17ClN2O/c1-8-9(10(12)14(2)13-8)6-11(7-15)4-3-5-11/h15H,3-7H2,1-2H3. The highest BCUT2D eigenvalue weighted by Crippen LogP contribution is 2.44. The summed E-state index contributed by atoms with van der Waals surface area (Å²) in [5.74, 6) is 0. The maximum absolute atomic E-state index is 9.42. The number of aromatic nitrogens is 2. The minimum Gasteiger partial charge on any atom is -0.396 e. The molecule has 0 aromatic carbocycles. The Balaban J connectivity index is 2.23. The second-order valence-electron chi connectivity index (χ2n) is 4.67. The maximum atomic E-state index is 9.42. The minimum atomic E-state index is 0.0808. The van der Waals surface area contributed by atoms with E-state index in [-0.39, 0.29) is 12.0 Å². The van der Waals surface area contributed by atoms with Gasteiger partial charge < -0.3 is 5.11 Å². The zero-order valence-corrected chi connectivity index (χ0v) is 10.0. The lowest BCUT2D eigenvalue weighted by atomic mass is 9.66. The van der Waals surface area contributed by atoms with Gasteiger partial charge in [-0.15, -0.1) is 0 Å². The van der Waals surface area contributed by atoms with Crippen LogP contribution in [0.2, 0.25) is 5.15 Å². The highest BCUT2D eigenvalue weighted by molar-refractivity contribution is 6.30. The molecule has 1 saturated carbocycles. The van der Waals surface area contributed by atoms with E-state index in [0.29, 0.717) is 5.15 Å². The highest BCUT2D eigenvalue weighted by atomic mass is 35.5.